The predicted molar refractivity (Wildman–Crippen MR) is 44.5 cm³/mol. The summed E-state index contributed by atoms with van der Waals surface area (Å²) in [6.07, 6.45) is 0. The third kappa shape index (κ3) is 8.23. The molecule has 0 fully saturated rings. The SMILES string of the molecule is NCCOCCOCCS. The second-order valence-electron chi connectivity index (χ2n) is 1.74. The van der Waals surface area contributed by atoms with E-state index < -0.39 is 0 Å². The fourth-order valence-corrected chi connectivity index (χ4v) is 0.599. The van der Waals surface area contributed by atoms with Gasteiger partial charge < -0.3 is 15.2 Å². The summed E-state index contributed by atoms with van der Waals surface area (Å²) in [5.74, 6) is 0.761. The van der Waals surface area contributed by atoms with Gasteiger partial charge in [-0.05, 0) is 0 Å². The maximum atomic E-state index is 5.19. The smallest absolute Gasteiger partial charge is 0.0701 e. The molecule has 2 N–H and O–H groups in total. The third-order valence-corrected chi connectivity index (χ3v) is 1.05. The molecule has 0 aliphatic heterocycles. The first-order chi connectivity index (χ1) is 4.91. The highest BCUT2D eigenvalue weighted by molar-refractivity contribution is 7.80. The maximum absolute atomic E-state index is 5.19. The minimum absolute atomic E-state index is 0.576. The van der Waals surface area contributed by atoms with Gasteiger partial charge in [-0.3, -0.25) is 0 Å². The van der Waals surface area contributed by atoms with E-state index in [1.807, 2.05) is 0 Å². The molecule has 0 bridgehead atoms. The standard InChI is InChI=1S/C6H15NO2S/c7-1-2-8-3-4-9-5-6-10/h10H,1-7H2. The van der Waals surface area contributed by atoms with Crippen LogP contribution in [-0.2, 0) is 9.47 Å². The van der Waals surface area contributed by atoms with Crippen LogP contribution in [0, 0.1) is 0 Å². The van der Waals surface area contributed by atoms with Crippen LogP contribution < -0.4 is 5.73 Å². The summed E-state index contributed by atoms with van der Waals surface area (Å²) >= 11 is 3.98. The van der Waals surface area contributed by atoms with Gasteiger partial charge in [0.25, 0.3) is 0 Å². The van der Waals surface area contributed by atoms with Crippen LogP contribution in [0.2, 0.25) is 0 Å². The molecule has 3 nitrogen and oxygen atoms in total. The Balaban J connectivity index is 2.65. The molecular weight excluding hydrogens is 150 g/mol. The number of ether oxygens (including phenoxy) is 2. The van der Waals surface area contributed by atoms with Crippen LogP contribution in [0.1, 0.15) is 0 Å². The second kappa shape index (κ2) is 9.23. The van der Waals surface area contributed by atoms with Crippen LogP contribution in [0.25, 0.3) is 0 Å². The Morgan fingerprint density at radius 3 is 2.10 bits per heavy atom. The Labute approximate surface area is 67.3 Å². The van der Waals surface area contributed by atoms with Gasteiger partial charge >= 0.3 is 0 Å². The number of rotatable bonds is 7. The lowest BCUT2D eigenvalue weighted by Gasteiger charge is -2.02. The van der Waals surface area contributed by atoms with Crippen LogP contribution >= 0.6 is 12.6 Å². The first-order valence-corrected chi connectivity index (χ1v) is 4.01. The summed E-state index contributed by atoms with van der Waals surface area (Å²) in [6, 6.07) is 0. The topological polar surface area (TPSA) is 44.5 Å². The number of hydrogen-bond acceptors (Lipinski definition) is 4. The molecule has 0 rings (SSSR count). The van der Waals surface area contributed by atoms with Gasteiger partial charge in [-0.1, -0.05) is 0 Å². The second-order valence-corrected chi connectivity index (χ2v) is 2.18. The molecule has 0 radical (unpaired) electrons. The summed E-state index contributed by atoms with van der Waals surface area (Å²) < 4.78 is 10.1. The van der Waals surface area contributed by atoms with E-state index in [-0.39, 0.29) is 0 Å². The molecule has 0 amide bonds. The van der Waals surface area contributed by atoms with E-state index in [0.29, 0.717) is 33.0 Å². The van der Waals surface area contributed by atoms with E-state index in [1.165, 1.54) is 0 Å². The molecule has 62 valence electrons. The molecule has 0 spiro atoms. The van der Waals surface area contributed by atoms with Crippen molar-refractivity contribution in [2.75, 3.05) is 38.7 Å². The summed E-state index contributed by atoms with van der Waals surface area (Å²) in [4.78, 5) is 0. The Morgan fingerprint density at radius 2 is 1.60 bits per heavy atom. The fourth-order valence-electron chi connectivity index (χ4n) is 0.470. The molecule has 0 saturated heterocycles. The van der Waals surface area contributed by atoms with Crippen molar-refractivity contribution < 1.29 is 9.47 Å². The Morgan fingerprint density at radius 1 is 1.00 bits per heavy atom. The molecule has 0 atom stereocenters. The number of hydrogen-bond donors (Lipinski definition) is 2. The van der Waals surface area contributed by atoms with E-state index >= 15 is 0 Å². The van der Waals surface area contributed by atoms with Crippen LogP contribution in [0.4, 0.5) is 0 Å². The van der Waals surface area contributed by atoms with E-state index in [0.717, 1.165) is 5.75 Å². The van der Waals surface area contributed by atoms with E-state index in [4.69, 9.17) is 15.2 Å². The lowest BCUT2D eigenvalue weighted by atomic mass is 10.7. The molecule has 0 saturated carbocycles. The highest BCUT2D eigenvalue weighted by Gasteiger charge is 1.86. The zero-order valence-electron chi connectivity index (χ0n) is 6.08. The molecule has 0 heterocycles. The molecule has 0 aliphatic carbocycles. The highest BCUT2D eigenvalue weighted by atomic mass is 32.1. The molecule has 0 unspecified atom stereocenters. The maximum Gasteiger partial charge on any atom is 0.0701 e. The number of nitrogens with two attached hydrogens (primary N) is 1. The normalized spacial score (nSPS) is 10.2. The quantitative estimate of drug-likeness (QED) is 0.409. The largest absolute Gasteiger partial charge is 0.378 e. The lowest BCUT2D eigenvalue weighted by Crippen LogP contribution is -2.12. The molecule has 0 aliphatic rings. The molecule has 10 heavy (non-hydrogen) atoms. The van der Waals surface area contributed by atoms with E-state index in [9.17, 15) is 0 Å². The zero-order chi connectivity index (χ0) is 7.66. The average molecular weight is 165 g/mol. The average Bonchev–Trinajstić information content (AvgIpc) is 1.97. The third-order valence-electron chi connectivity index (χ3n) is 0.870. The van der Waals surface area contributed by atoms with Crippen molar-refractivity contribution in [1.29, 1.82) is 0 Å². The first kappa shape index (κ1) is 10.2. The van der Waals surface area contributed by atoms with Crippen molar-refractivity contribution in [3.8, 4) is 0 Å². The summed E-state index contributed by atoms with van der Waals surface area (Å²) in [5, 5.41) is 0. The Bertz CT molecular complexity index is 55.7. The van der Waals surface area contributed by atoms with Crippen LogP contribution in [0.15, 0.2) is 0 Å². The molecule has 0 aromatic rings. The summed E-state index contributed by atoms with van der Waals surface area (Å²) in [5.41, 5.74) is 5.19. The monoisotopic (exact) mass is 165 g/mol. The molecule has 4 heteroatoms. The minimum atomic E-state index is 0.576. The van der Waals surface area contributed by atoms with Gasteiger partial charge in [-0.2, -0.15) is 12.6 Å². The van der Waals surface area contributed by atoms with Gasteiger partial charge in [0.1, 0.15) is 0 Å². The van der Waals surface area contributed by atoms with Gasteiger partial charge in [0, 0.05) is 12.3 Å². The van der Waals surface area contributed by atoms with Crippen molar-refractivity contribution >= 4 is 12.6 Å². The van der Waals surface area contributed by atoms with Gasteiger partial charge in [-0.15, -0.1) is 0 Å². The Hall–Kier alpha value is 0.230. The minimum Gasteiger partial charge on any atom is -0.378 e. The van der Waals surface area contributed by atoms with Gasteiger partial charge in [0.2, 0.25) is 0 Å². The first-order valence-electron chi connectivity index (χ1n) is 3.38. The zero-order valence-corrected chi connectivity index (χ0v) is 6.98. The highest BCUT2D eigenvalue weighted by Crippen LogP contribution is 1.79. The van der Waals surface area contributed by atoms with Gasteiger partial charge in [0.05, 0.1) is 26.4 Å². The lowest BCUT2D eigenvalue weighted by molar-refractivity contribution is 0.0572. The van der Waals surface area contributed by atoms with E-state index in [1.54, 1.807) is 0 Å². The van der Waals surface area contributed by atoms with Crippen LogP contribution in [-0.4, -0.2) is 38.7 Å². The van der Waals surface area contributed by atoms with Crippen LogP contribution in [0.5, 0.6) is 0 Å². The van der Waals surface area contributed by atoms with Gasteiger partial charge in [0.15, 0.2) is 0 Å². The van der Waals surface area contributed by atoms with Gasteiger partial charge in [-0.25, -0.2) is 0 Å². The van der Waals surface area contributed by atoms with Crippen molar-refractivity contribution in [1.82, 2.24) is 0 Å². The van der Waals surface area contributed by atoms with Crippen molar-refractivity contribution in [2.24, 2.45) is 5.73 Å². The van der Waals surface area contributed by atoms with Crippen molar-refractivity contribution in [3.63, 3.8) is 0 Å². The van der Waals surface area contributed by atoms with Crippen molar-refractivity contribution in [3.05, 3.63) is 0 Å². The van der Waals surface area contributed by atoms with Crippen LogP contribution in [0.3, 0.4) is 0 Å². The fraction of sp³-hybridized carbons (Fsp3) is 1.00. The molecular formula is C6H15NO2S. The summed E-state index contributed by atoms with van der Waals surface area (Å²) in [6.45, 7) is 3.15. The van der Waals surface area contributed by atoms with E-state index in [2.05, 4.69) is 12.6 Å². The Kier molecular flexibility index (Phi) is 9.44. The summed E-state index contributed by atoms with van der Waals surface area (Å²) in [7, 11) is 0. The molecule has 0 aromatic heterocycles. The predicted octanol–water partition coefficient (Wildman–Crippen LogP) is -0.0919. The number of thiol groups is 1. The molecule has 0 aromatic carbocycles. The van der Waals surface area contributed by atoms with Crippen molar-refractivity contribution in [2.45, 2.75) is 0 Å².